The van der Waals surface area contributed by atoms with E-state index in [0.29, 0.717) is 5.52 Å². The zero-order chi connectivity index (χ0) is 24.7. The molecule has 0 aromatic carbocycles. The topological polar surface area (TPSA) is 208 Å². The number of anilines is 1. The van der Waals surface area contributed by atoms with Gasteiger partial charge in [0.25, 0.3) is 0 Å². The van der Waals surface area contributed by atoms with E-state index in [0.717, 1.165) is 0 Å². The van der Waals surface area contributed by atoms with Gasteiger partial charge >= 0.3 is 13.8 Å². The second-order valence-corrected chi connectivity index (χ2v) is 9.20. The van der Waals surface area contributed by atoms with Gasteiger partial charge in [-0.2, -0.15) is 9.97 Å². The first-order valence-corrected chi connectivity index (χ1v) is 11.7. The summed E-state index contributed by atoms with van der Waals surface area (Å²) in [5.41, 5.74) is 14.2. The highest BCUT2D eigenvalue weighted by Gasteiger charge is 2.61. The number of ether oxygens (including phenoxy) is 3. The number of methoxy groups -OCH3 is 1. The van der Waals surface area contributed by atoms with Crippen molar-refractivity contribution >= 4 is 30.9 Å². The highest BCUT2D eigenvalue weighted by atomic mass is 31.2. The van der Waals surface area contributed by atoms with E-state index >= 15 is 0 Å². The fourth-order valence-corrected chi connectivity index (χ4v) is 5.45. The van der Waals surface area contributed by atoms with Crippen molar-refractivity contribution in [2.24, 2.45) is 5.11 Å². The van der Waals surface area contributed by atoms with Crippen molar-refractivity contribution in [3.63, 3.8) is 0 Å². The van der Waals surface area contributed by atoms with Gasteiger partial charge in [-0.25, -0.2) is 14.3 Å². The average molecular weight is 498 g/mol. The number of nitrogen functional groups attached to an aromatic ring is 1. The van der Waals surface area contributed by atoms with Crippen LogP contribution in [0.2, 0.25) is 0 Å². The number of fused-ring (bicyclic) bond motifs is 2. The van der Waals surface area contributed by atoms with Crippen LogP contribution in [0, 0.1) is 0 Å². The zero-order valence-electron chi connectivity index (χ0n) is 18.7. The Morgan fingerprint density at radius 2 is 2.29 bits per heavy atom. The van der Waals surface area contributed by atoms with Gasteiger partial charge in [0.05, 0.1) is 26.7 Å². The first-order chi connectivity index (χ1) is 16.2. The Morgan fingerprint density at radius 3 is 2.97 bits per heavy atom. The number of aromatic nitrogens is 4. The number of esters is 1. The van der Waals surface area contributed by atoms with Crippen LogP contribution in [-0.2, 0) is 32.4 Å². The predicted octanol–water partition coefficient (Wildman–Crippen LogP) is 1.88. The van der Waals surface area contributed by atoms with Gasteiger partial charge in [0.1, 0.15) is 17.7 Å². The lowest BCUT2D eigenvalue weighted by molar-refractivity contribution is -0.152. The molecule has 0 spiro atoms. The Morgan fingerprint density at radius 1 is 1.53 bits per heavy atom. The van der Waals surface area contributed by atoms with Crippen molar-refractivity contribution < 1.29 is 37.1 Å². The number of phosphoric ester groups is 1. The van der Waals surface area contributed by atoms with Crippen molar-refractivity contribution in [1.82, 2.24) is 19.5 Å². The van der Waals surface area contributed by atoms with Gasteiger partial charge in [-0.05, 0) is 26.3 Å². The summed E-state index contributed by atoms with van der Waals surface area (Å²) >= 11 is 0. The Hall–Kier alpha value is -3.00. The van der Waals surface area contributed by atoms with Crippen LogP contribution in [0.3, 0.4) is 0 Å². The summed E-state index contributed by atoms with van der Waals surface area (Å²) in [6.45, 7) is 4.43. The molecule has 0 bridgehead atoms. The Labute approximate surface area is 192 Å². The van der Waals surface area contributed by atoms with E-state index in [-0.39, 0.29) is 30.7 Å². The smallest absolute Gasteiger partial charge is 0.476 e. The molecule has 16 nitrogen and oxygen atoms in total. The summed E-state index contributed by atoms with van der Waals surface area (Å²) in [7, 11) is -2.84. The minimum atomic E-state index is -4.25. The highest BCUT2D eigenvalue weighted by Crippen LogP contribution is 2.60. The van der Waals surface area contributed by atoms with Crippen LogP contribution >= 0.6 is 7.82 Å². The third kappa shape index (κ3) is 4.04. The number of azide groups is 1. The second kappa shape index (κ2) is 8.98. The lowest BCUT2D eigenvalue weighted by atomic mass is 9.93. The molecular formula is C17H23N8O8P. The molecule has 2 aromatic heterocycles. The maximum absolute atomic E-state index is 13.2. The lowest BCUT2D eigenvalue weighted by Gasteiger charge is -2.35. The number of carbonyl (C=O) groups is 1. The minimum Gasteiger partial charge on any atom is -0.479 e. The van der Waals surface area contributed by atoms with Gasteiger partial charge in [-0.15, -0.1) is 0 Å². The quantitative estimate of drug-likeness (QED) is 0.191. The lowest BCUT2D eigenvalue weighted by Crippen LogP contribution is -2.46. The summed E-state index contributed by atoms with van der Waals surface area (Å²) in [5.74, 6) is -0.661. The maximum atomic E-state index is 13.2. The molecule has 2 N–H and O–H groups in total. The molecule has 2 fully saturated rings. The average Bonchev–Trinajstić information content (AvgIpc) is 3.32. The van der Waals surface area contributed by atoms with Crippen LogP contribution in [0.4, 0.5) is 5.95 Å². The molecule has 4 rings (SSSR count). The van der Waals surface area contributed by atoms with Gasteiger partial charge in [0.15, 0.2) is 23.5 Å². The van der Waals surface area contributed by atoms with E-state index in [1.54, 1.807) is 13.8 Å². The van der Waals surface area contributed by atoms with Crippen LogP contribution in [-0.4, -0.2) is 69.7 Å². The Balaban J connectivity index is 1.69. The fourth-order valence-electron chi connectivity index (χ4n) is 3.85. The molecule has 34 heavy (non-hydrogen) atoms. The number of nitrogens with two attached hydrogens (primary N) is 1. The van der Waals surface area contributed by atoms with E-state index in [2.05, 4.69) is 25.0 Å². The summed E-state index contributed by atoms with van der Waals surface area (Å²) in [5, 5.41) is 3.91. The summed E-state index contributed by atoms with van der Waals surface area (Å²) in [6.07, 6.45) is -2.71. The normalized spacial score (nSPS) is 31.5. The van der Waals surface area contributed by atoms with E-state index in [1.807, 2.05) is 0 Å². The molecule has 17 heteroatoms. The van der Waals surface area contributed by atoms with E-state index in [1.165, 1.54) is 24.9 Å². The number of rotatable bonds is 7. The Kier molecular flexibility index (Phi) is 6.38. The van der Waals surface area contributed by atoms with Crippen molar-refractivity contribution in [2.45, 2.75) is 50.8 Å². The van der Waals surface area contributed by atoms with Crippen molar-refractivity contribution in [3.05, 3.63) is 16.8 Å². The first kappa shape index (κ1) is 24.1. The van der Waals surface area contributed by atoms with Crippen LogP contribution < -0.4 is 10.5 Å². The number of hydrogen-bond donors (Lipinski definition) is 1. The highest BCUT2D eigenvalue weighted by molar-refractivity contribution is 7.48. The molecule has 2 aromatic rings. The molecule has 2 unspecified atom stereocenters. The van der Waals surface area contributed by atoms with Crippen molar-refractivity contribution in [1.29, 1.82) is 0 Å². The standard InChI is InChI=1S/C17H23N8O8P/c1-5-29-14(26)8(2)32-34(27)30-6-9-11(33-34)17(3,23-24-19)15(31-9)25-7-20-10-12(25)21-16(18)22-13(10)28-4/h7-9,11,15H,5-6H2,1-4H3,(H2,18,21,22)/t8?,9-,11-,15-,17-,34?/m1/s1. The summed E-state index contributed by atoms with van der Waals surface area (Å²) in [6, 6.07) is 0. The van der Waals surface area contributed by atoms with Gasteiger partial charge in [0, 0.05) is 4.91 Å². The van der Waals surface area contributed by atoms with Crippen molar-refractivity contribution in [2.75, 3.05) is 26.1 Å². The van der Waals surface area contributed by atoms with Crippen LogP contribution in [0.15, 0.2) is 11.4 Å². The zero-order valence-corrected chi connectivity index (χ0v) is 19.6. The second-order valence-electron chi connectivity index (χ2n) is 7.63. The molecule has 0 amide bonds. The van der Waals surface area contributed by atoms with Crippen LogP contribution in [0.1, 0.15) is 27.0 Å². The summed E-state index contributed by atoms with van der Waals surface area (Å²) < 4.78 is 47.1. The van der Waals surface area contributed by atoms with Crippen LogP contribution in [0.5, 0.6) is 5.88 Å². The molecule has 2 aliphatic heterocycles. The number of hydrogen-bond acceptors (Lipinski definition) is 13. The minimum absolute atomic E-state index is 0.0718. The van der Waals surface area contributed by atoms with E-state index in [9.17, 15) is 14.9 Å². The predicted molar refractivity (Wildman–Crippen MR) is 113 cm³/mol. The molecular weight excluding hydrogens is 475 g/mol. The third-order valence-electron chi connectivity index (χ3n) is 5.38. The van der Waals surface area contributed by atoms with Crippen molar-refractivity contribution in [3.8, 4) is 5.88 Å². The fraction of sp³-hybridized carbons (Fsp3) is 0.647. The molecule has 2 saturated heterocycles. The van der Waals surface area contributed by atoms with Gasteiger partial charge in [0.2, 0.25) is 11.8 Å². The van der Waals surface area contributed by atoms with Gasteiger partial charge in [-0.3, -0.25) is 18.1 Å². The summed E-state index contributed by atoms with van der Waals surface area (Å²) in [4.78, 5) is 27.3. The maximum Gasteiger partial charge on any atom is 0.476 e. The monoisotopic (exact) mass is 498 g/mol. The SMILES string of the molecule is CCOC(=O)C(C)OP1(=O)OC[C@H]2O[C@@H](n3cnc4c(OC)nc(N)nc43)[C@](C)(N=[N+]=[N-])[C@@H]2O1. The molecule has 2 aliphatic rings. The number of nitrogens with zero attached hydrogens (tertiary/aromatic N) is 7. The molecule has 6 atom stereocenters. The molecule has 0 radical (unpaired) electrons. The number of phosphoric acid groups is 1. The third-order valence-corrected chi connectivity index (χ3v) is 6.90. The first-order valence-electron chi connectivity index (χ1n) is 10.2. The van der Waals surface area contributed by atoms with E-state index < -0.39 is 43.9 Å². The van der Waals surface area contributed by atoms with Gasteiger partial charge in [-0.1, -0.05) is 5.11 Å². The molecule has 4 heterocycles. The molecule has 184 valence electrons. The number of carbonyl (C=O) groups excluding carboxylic acids is 1. The molecule has 0 aliphatic carbocycles. The Bertz CT molecular complexity index is 1200. The number of imidazole rings is 1. The van der Waals surface area contributed by atoms with E-state index in [4.69, 9.17) is 33.5 Å². The van der Waals surface area contributed by atoms with Crippen LogP contribution in [0.25, 0.3) is 21.6 Å². The largest absolute Gasteiger partial charge is 0.479 e. The van der Waals surface area contributed by atoms with Gasteiger partial charge < -0.3 is 19.9 Å². The molecule has 0 saturated carbocycles.